The van der Waals surface area contributed by atoms with Gasteiger partial charge in [0.15, 0.2) is 0 Å². The zero-order chi connectivity index (χ0) is 13.8. The van der Waals surface area contributed by atoms with Crippen molar-refractivity contribution in [2.45, 2.75) is 13.0 Å². The molecule has 98 valence electrons. The van der Waals surface area contributed by atoms with E-state index in [9.17, 15) is 14.3 Å². The topological polar surface area (TPSA) is 62.2 Å². The number of amides is 1. The van der Waals surface area contributed by atoms with Gasteiger partial charge in [0.25, 0.3) is 5.91 Å². The molecule has 0 fully saturated rings. The number of anilines is 1. The lowest BCUT2D eigenvalue weighted by Crippen LogP contribution is -2.14. The van der Waals surface area contributed by atoms with E-state index < -0.39 is 18.0 Å². The van der Waals surface area contributed by atoms with E-state index in [1.807, 2.05) is 0 Å². The number of rotatable bonds is 3. The number of benzene rings is 1. The first-order chi connectivity index (χ1) is 9.08. The Balaban J connectivity index is 2.22. The maximum atomic E-state index is 12.7. The number of aromatic nitrogens is 1. The van der Waals surface area contributed by atoms with Crippen LogP contribution in [0.2, 0.25) is 0 Å². The molecule has 1 amide bonds. The SMILES string of the molecule is CC(O)c1ccccc1NC(=O)c1ccc(F)nc1. The van der Waals surface area contributed by atoms with Crippen LogP contribution in [0.25, 0.3) is 0 Å². The van der Waals surface area contributed by atoms with Gasteiger partial charge in [0.1, 0.15) is 0 Å². The van der Waals surface area contributed by atoms with Crippen molar-refractivity contribution in [2.24, 2.45) is 0 Å². The number of hydrogen-bond donors (Lipinski definition) is 2. The van der Waals surface area contributed by atoms with Gasteiger partial charge >= 0.3 is 0 Å². The monoisotopic (exact) mass is 260 g/mol. The molecule has 1 unspecified atom stereocenters. The van der Waals surface area contributed by atoms with Crippen LogP contribution in [0, 0.1) is 5.95 Å². The highest BCUT2D eigenvalue weighted by Gasteiger charge is 2.11. The zero-order valence-electron chi connectivity index (χ0n) is 10.3. The summed E-state index contributed by atoms with van der Waals surface area (Å²) in [7, 11) is 0. The summed E-state index contributed by atoms with van der Waals surface area (Å²) >= 11 is 0. The Labute approximate surface area is 109 Å². The minimum atomic E-state index is -0.692. The van der Waals surface area contributed by atoms with Gasteiger partial charge in [-0.05, 0) is 25.1 Å². The average molecular weight is 260 g/mol. The van der Waals surface area contributed by atoms with Crippen molar-refractivity contribution in [2.75, 3.05) is 5.32 Å². The molecular formula is C14H13FN2O2. The highest BCUT2D eigenvalue weighted by atomic mass is 19.1. The largest absolute Gasteiger partial charge is 0.389 e. The van der Waals surface area contributed by atoms with Gasteiger partial charge in [0.05, 0.1) is 11.7 Å². The number of carbonyl (C=O) groups is 1. The first-order valence-corrected chi connectivity index (χ1v) is 5.78. The van der Waals surface area contributed by atoms with E-state index in [4.69, 9.17) is 0 Å². The molecule has 1 aromatic carbocycles. The fourth-order valence-electron chi connectivity index (χ4n) is 1.68. The Bertz CT molecular complexity index is 582. The van der Waals surface area contributed by atoms with Crippen molar-refractivity contribution in [1.29, 1.82) is 0 Å². The van der Waals surface area contributed by atoms with Gasteiger partial charge in [-0.25, -0.2) is 4.98 Å². The number of nitrogens with one attached hydrogen (secondary N) is 1. The second kappa shape index (κ2) is 5.58. The Hall–Kier alpha value is -2.27. The molecule has 0 radical (unpaired) electrons. The third-order valence-corrected chi connectivity index (χ3v) is 2.65. The maximum absolute atomic E-state index is 12.7. The van der Waals surface area contributed by atoms with Crippen LogP contribution in [0.4, 0.5) is 10.1 Å². The van der Waals surface area contributed by atoms with Crippen LogP contribution >= 0.6 is 0 Å². The first-order valence-electron chi connectivity index (χ1n) is 5.78. The van der Waals surface area contributed by atoms with Gasteiger partial charge in [-0.3, -0.25) is 4.79 Å². The van der Waals surface area contributed by atoms with Crippen molar-refractivity contribution in [1.82, 2.24) is 4.98 Å². The molecule has 2 rings (SSSR count). The van der Waals surface area contributed by atoms with E-state index in [-0.39, 0.29) is 5.56 Å². The van der Waals surface area contributed by atoms with E-state index in [0.29, 0.717) is 11.3 Å². The van der Waals surface area contributed by atoms with Crippen LogP contribution in [0.15, 0.2) is 42.6 Å². The average Bonchev–Trinajstić information content (AvgIpc) is 2.39. The van der Waals surface area contributed by atoms with E-state index in [2.05, 4.69) is 10.3 Å². The summed E-state index contributed by atoms with van der Waals surface area (Å²) in [6, 6.07) is 9.42. The number of nitrogens with zero attached hydrogens (tertiary/aromatic N) is 1. The van der Waals surface area contributed by atoms with Crippen molar-refractivity contribution in [3.05, 3.63) is 59.7 Å². The highest BCUT2D eigenvalue weighted by molar-refractivity contribution is 6.04. The molecule has 5 heteroatoms. The van der Waals surface area contributed by atoms with Gasteiger partial charge in [0, 0.05) is 17.4 Å². The number of aliphatic hydroxyl groups excluding tert-OH is 1. The minimum absolute atomic E-state index is 0.252. The molecule has 1 atom stereocenters. The molecule has 2 N–H and O–H groups in total. The zero-order valence-corrected chi connectivity index (χ0v) is 10.3. The molecule has 1 heterocycles. The summed E-state index contributed by atoms with van der Waals surface area (Å²) in [5, 5.41) is 12.3. The molecule has 0 aliphatic carbocycles. The van der Waals surface area contributed by atoms with Crippen LogP contribution in [-0.4, -0.2) is 16.0 Å². The standard InChI is InChI=1S/C14H13FN2O2/c1-9(18)11-4-2-3-5-12(11)17-14(19)10-6-7-13(15)16-8-10/h2-9,18H,1H3,(H,17,19). The third kappa shape index (κ3) is 3.14. The lowest BCUT2D eigenvalue weighted by Gasteiger charge is -2.12. The second-order valence-corrected chi connectivity index (χ2v) is 4.09. The van der Waals surface area contributed by atoms with E-state index in [1.54, 1.807) is 31.2 Å². The lowest BCUT2D eigenvalue weighted by molar-refractivity contribution is 0.102. The van der Waals surface area contributed by atoms with Crippen molar-refractivity contribution in [3.8, 4) is 0 Å². The molecule has 2 aromatic rings. The molecule has 1 aromatic heterocycles. The van der Waals surface area contributed by atoms with E-state index in [0.717, 1.165) is 12.3 Å². The van der Waals surface area contributed by atoms with Gasteiger partial charge < -0.3 is 10.4 Å². The molecule has 0 spiro atoms. The van der Waals surface area contributed by atoms with Gasteiger partial charge in [-0.1, -0.05) is 18.2 Å². The van der Waals surface area contributed by atoms with Crippen molar-refractivity contribution >= 4 is 11.6 Å². The third-order valence-electron chi connectivity index (χ3n) is 2.65. The van der Waals surface area contributed by atoms with Crippen LogP contribution in [0.3, 0.4) is 0 Å². The summed E-state index contributed by atoms with van der Waals surface area (Å²) in [6.07, 6.45) is 0.471. The number of para-hydroxylation sites is 1. The Morgan fingerprint density at radius 1 is 1.32 bits per heavy atom. The summed E-state index contributed by atoms with van der Waals surface area (Å²) in [5.74, 6) is -1.04. The number of hydrogen-bond acceptors (Lipinski definition) is 3. The van der Waals surface area contributed by atoms with Crippen LogP contribution in [-0.2, 0) is 0 Å². The fourth-order valence-corrected chi connectivity index (χ4v) is 1.68. The smallest absolute Gasteiger partial charge is 0.257 e. The molecule has 0 saturated carbocycles. The van der Waals surface area contributed by atoms with Gasteiger partial charge in [-0.2, -0.15) is 4.39 Å². The Kier molecular flexibility index (Phi) is 3.87. The van der Waals surface area contributed by atoms with Crippen LogP contribution < -0.4 is 5.32 Å². The highest BCUT2D eigenvalue weighted by Crippen LogP contribution is 2.22. The van der Waals surface area contributed by atoms with Crippen molar-refractivity contribution < 1.29 is 14.3 Å². The Morgan fingerprint density at radius 3 is 2.68 bits per heavy atom. The molecular weight excluding hydrogens is 247 g/mol. The van der Waals surface area contributed by atoms with Crippen LogP contribution in [0.5, 0.6) is 0 Å². The van der Waals surface area contributed by atoms with Crippen LogP contribution in [0.1, 0.15) is 28.9 Å². The normalized spacial score (nSPS) is 11.9. The summed E-state index contributed by atoms with van der Waals surface area (Å²) in [5.41, 5.74) is 1.39. The predicted molar refractivity (Wildman–Crippen MR) is 69.2 cm³/mol. The molecule has 0 aliphatic rings. The summed E-state index contributed by atoms with van der Waals surface area (Å²) in [6.45, 7) is 1.62. The number of halogens is 1. The Morgan fingerprint density at radius 2 is 2.05 bits per heavy atom. The summed E-state index contributed by atoms with van der Waals surface area (Å²) < 4.78 is 12.7. The molecule has 4 nitrogen and oxygen atoms in total. The van der Waals surface area contributed by atoms with E-state index in [1.165, 1.54) is 6.07 Å². The second-order valence-electron chi connectivity index (χ2n) is 4.09. The quantitative estimate of drug-likeness (QED) is 0.833. The molecule has 19 heavy (non-hydrogen) atoms. The first kappa shape index (κ1) is 13.2. The number of aliphatic hydroxyl groups is 1. The van der Waals surface area contributed by atoms with E-state index >= 15 is 0 Å². The lowest BCUT2D eigenvalue weighted by atomic mass is 10.1. The predicted octanol–water partition coefficient (Wildman–Crippen LogP) is 2.53. The summed E-state index contributed by atoms with van der Waals surface area (Å²) in [4.78, 5) is 15.4. The van der Waals surface area contributed by atoms with Crippen molar-refractivity contribution in [3.63, 3.8) is 0 Å². The minimum Gasteiger partial charge on any atom is -0.389 e. The molecule has 0 bridgehead atoms. The molecule has 0 aliphatic heterocycles. The van der Waals surface area contributed by atoms with Gasteiger partial charge in [0.2, 0.25) is 5.95 Å². The fraction of sp³-hybridized carbons (Fsp3) is 0.143. The molecule has 0 saturated heterocycles. The maximum Gasteiger partial charge on any atom is 0.257 e. The van der Waals surface area contributed by atoms with Gasteiger partial charge in [-0.15, -0.1) is 0 Å². The number of carbonyl (C=O) groups excluding carboxylic acids is 1. The number of pyridine rings is 1.